The highest BCUT2D eigenvalue weighted by atomic mass is 19.4. The molecule has 32 heavy (non-hydrogen) atoms. The number of nitrogens with zero attached hydrogens (tertiary/aromatic N) is 7. The summed E-state index contributed by atoms with van der Waals surface area (Å²) in [4.78, 5) is 20.2. The van der Waals surface area contributed by atoms with E-state index in [2.05, 4.69) is 30.8 Å². The zero-order valence-electron chi connectivity index (χ0n) is 17.7. The van der Waals surface area contributed by atoms with Gasteiger partial charge in [-0.1, -0.05) is 0 Å². The van der Waals surface area contributed by atoms with E-state index in [1.54, 1.807) is 17.8 Å². The molecule has 4 heterocycles. The molecule has 0 saturated carbocycles. The molecule has 0 aromatic carbocycles. The minimum atomic E-state index is -4.39. The van der Waals surface area contributed by atoms with Crippen LogP contribution < -0.4 is 4.90 Å². The standard InChI is InChI=1S/C21H20F3N7O/c1-11-12(2)27-19-18(26-11)17(13-6-15(7-13)21(22,23)24)28-20(29-19)31-4-5-32-16(10-31)14-8-25-30(3)9-14/h8-9,16H,4-6,10H2,1-3H3/t16-/m1/s1. The lowest BCUT2D eigenvalue weighted by Gasteiger charge is -2.33. The molecular weight excluding hydrogens is 423 g/mol. The second-order valence-electron chi connectivity index (χ2n) is 7.95. The highest BCUT2D eigenvalue weighted by molar-refractivity contribution is 5.88. The molecule has 1 saturated heterocycles. The largest absolute Gasteiger partial charge is 0.420 e. The first-order chi connectivity index (χ1) is 15.2. The molecule has 1 aliphatic heterocycles. The molecule has 0 radical (unpaired) electrons. The number of ether oxygens (including phenoxy) is 1. The molecule has 0 unspecified atom stereocenters. The van der Waals surface area contributed by atoms with Crippen molar-refractivity contribution >= 4 is 22.7 Å². The van der Waals surface area contributed by atoms with Crippen molar-refractivity contribution < 1.29 is 17.9 Å². The van der Waals surface area contributed by atoms with Crippen LogP contribution >= 0.6 is 0 Å². The van der Waals surface area contributed by atoms with Gasteiger partial charge in [-0.15, -0.1) is 5.73 Å². The van der Waals surface area contributed by atoms with E-state index >= 15 is 0 Å². The van der Waals surface area contributed by atoms with Crippen molar-refractivity contribution in [2.24, 2.45) is 7.05 Å². The van der Waals surface area contributed by atoms with Crippen LogP contribution in [0, 0.1) is 13.8 Å². The lowest BCUT2D eigenvalue weighted by molar-refractivity contribution is -0.0934. The molecule has 166 valence electrons. The Morgan fingerprint density at radius 1 is 1.12 bits per heavy atom. The second kappa shape index (κ2) is 7.39. The topological polar surface area (TPSA) is 81.9 Å². The lowest BCUT2D eigenvalue weighted by atomic mass is 9.93. The number of halogens is 3. The van der Waals surface area contributed by atoms with Crippen LogP contribution in [0.5, 0.6) is 0 Å². The molecule has 3 aromatic heterocycles. The minimum Gasteiger partial charge on any atom is -0.370 e. The van der Waals surface area contributed by atoms with E-state index in [0.29, 0.717) is 59.5 Å². The molecule has 0 amide bonds. The van der Waals surface area contributed by atoms with Crippen molar-refractivity contribution in [1.29, 1.82) is 0 Å². The van der Waals surface area contributed by atoms with Crippen LogP contribution in [0.3, 0.4) is 0 Å². The third kappa shape index (κ3) is 3.63. The summed E-state index contributed by atoms with van der Waals surface area (Å²) in [5, 5.41) is 4.19. The van der Waals surface area contributed by atoms with Crippen LogP contribution in [0.25, 0.3) is 16.7 Å². The Morgan fingerprint density at radius 3 is 2.56 bits per heavy atom. The smallest absolute Gasteiger partial charge is 0.370 e. The van der Waals surface area contributed by atoms with Crippen LogP contribution in [-0.2, 0) is 11.8 Å². The third-order valence-corrected chi connectivity index (χ3v) is 5.66. The second-order valence-corrected chi connectivity index (χ2v) is 7.95. The van der Waals surface area contributed by atoms with Crippen molar-refractivity contribution in [2.75, 3.05) is 24.6 Å². The van der Waals surface area contributed by atoms with Gasteiger partial charge < -0.3 is 9.64 Å². The molecule has 8 nitrogen and oxygen atoms in total. The zero-order chi connectivity index (χ0) is 22.6. The predicted molar refractivity (Wildman–Crippen MR) is 110 cm³/mol. The van der Waals surface area contributed by atoms with Crippen molar-refractivity contribution in [2.45, 2.75) is 32.5 Å². The molecule has 0 N–H and O–H groups in total. The summed E-state index contributed by atoms with van der Waals surface area (Å²) < 4.78 is 46.6. The molecule has 0 spiro atoms. The first-order valence-electron chi connectivity index (χ1n) is 10.1. The quantitative estimate of drug-likeness (QED) is 0.575. The van der Waals surface area contributed by atoms with Gasteiger partial charge in [0.15, 0.2) is 5.65 Å². The summed E-state index contributed by atoms with van der Waals surface area (Å²) in [6.45, 7) is 5.10. The number of rotatable bonds is 3. The van der Waals surface area contributed by atoms with Gasteiger partial charge in [0, 0.05) is 37.3 Å². The van der Waals surface area contributed by atoms with E-state index in [0.717, 1.165) is 5.56 Å². The maximum atomic E-state index is 13.0. The Bertz CT molecular complexity index is 1290. The van der Waals surface area contributed by atoms with Crippen molar-refractivity contribution in [3.8, 4) is 0 Å². The number of allylic oxidation sites excluding steroid dienone is 1. The molecule has 5 rings (SSSR count). The molecule has 1 aliphatic carbocycles. The monoisotopic (exact) mass is 443 g/mol. The molecule has 1 fully saturated rings. The summed E-state index contributed by atoms with van der Waals surface area (Å²) in [7, 11) is 1.83. The summed E-state index contributed by atoms with van der Waals surface area (Å²) in [5.41, 5.74) is 5.50. The van der Waals surface area contributed by atoms with Crippen LogP contribution in [-0.4, -0.2) is 55.6 Å². The Hall–Kier alpha value is -3.30. The van der Waals surface area contributed by atoms with Crippen LogP contribution in [0.2, 0.25) is 0 Å². The zero-order valence-corrected chi connectivity index (χ0v) is 17.7. The van der Waals surface area contributed by atoms with Crippen molar-refractivity contribution in [3.63, 3.8) is 0 Å². The normalized spacial score (nSPS) is 19.1. The van der Waals surface area contributed by atoms with Gasteiger partial charge in [-0.2, -0.15) is 23.3 Å². The Labute approximate surface area is 181 Å². The van der Waals surface area contributed by atoms with Gasteiger partial charge in [-0.25, -0.2) is 15.0 Å². The number of hydrogen-bond donors (Lipinski definition) is 0. The Morgan fingerprint density at radius 2 is 1.88 bits per heavy atom. The third-order valence-electron chi connectivity index (χ3n) is 5.66. The van der Waals surface area contributed by atoms with Crippen LogP contribution in [0.1, 0.15) is 35.2 Å². The molecule has 2 aliphatic rings. The minimum absolute atomic E-state index is 0.217. The fourth-order valence-electron chi connectivity index (χ4n) is 3.75. The van der Waals surface area contributed by atoms with Gasteiger partial charge in [0.2, 0.25) is 5.95 Å². The number of aryl methyl sites for hydroxylation is 3. The maximum absolute atomic E-state index is 13.0. The van der Waals surface area contributed by atoms with Crippen molar-refractivity contribution in [3.05, 3.63) is 46.3 Å². The number of hydrogen-bond acceptors (Lipinski definition) is 7. The van der Waals surface area contributed by atoms with Gasteiger partial charge >= 0.3 is 6.18 Å². The molecule has 1 atom stereocenters. The average molecular weight is 443 g/mol. The number of alkyl halides is 3. The highest BCUT2D eigenvalue weighted by Crippen LogP contribution is 2.40. The van der Waals surface area contributed by atoms with Gasteiger partial charge in [-0.3, -0.25) is 4.68 Å². The van der Waals surface area contributed by atoms with E-state index in [-0.39, 0.29) is 12.5 Å². The fraction of sp³-hybridized carbons (Fsp3) is 0.429. The van der Waals surface area contributed by atoms with E-state index in [9.17, 15) is 13.2 Å². The predicted octanol–water partition coefficient (Wildman–Crippen LogP) is 3.22. The number of aromatic nitrogens is 6. The van der Waals surface area contributed by atoms with E-state index in [1.165, 1.54) is 0 Å². The van der Waals surface area contributed by atoms with Gasteiger partial charge in [0.05, 0.1) is 36.3 Å². The summed E-state index contributed by atoms with van der Waals surface area (Å²) >= 11 is 0. The lowest BCUT2D eigenvalue weighted by Crippen LogP contribution is -2.39. The summed E-state index contributed by atoms with van der Waals surface area (Å²) in [6.07, 6.45) is -1.23. The first kappa shape index (κ1) is 20.6. The van der Waals surface area contributed by atoms with Crippen molar-refractivity contribution in [1.82, 2.24) is 29.7 Å². The molecule has 3 aromatic rings. The SMILES string of the molecule is Cc1nc2nc(N3CCO[C@@H](c4cnn(C)c4)C3)nc(C3=C=C(C(F)(F)F)C3)c2nc1C. The maximum Gasteiger partial charge on any atom is 0.420 e. The van der Waals surface area contributed by atoms with E-state index in [4.69, 9.17) is 4.74 Å². The van der Waals surface area contributed by atoms with Gasteiger partial charge in [0.25, 0.3) is 0 Å². The summed E-state index contributed by atoms with van der Waals surface area (Å²) in [5.74, 6) is 0.386. The fourth-order valence-corrected chi connectivity index (χ4v) is 3.75. The first-order valence-corrected chi connectivity index (χ1v) is 10.1. The van der Waals surface area contributed by atoms with Crippen LogP contribution in [0.4, 0.5) is 19.1 Å². The van der Waals surface area contributed by atoms with Gasteiger partial charge in [-0.05, 0) is 13.8 Å². The van der Waals surface area contributed by atoms with E-state index < -0.39 is 11.7 Å². The van der Waals surface area contributed by atoms with Crippen LogP contribution in [0.15, 0.2) is 23.7 Å². The average Bonchev–Trinajstić information content (AvgIpc) is 3.13. The number of morpholine rings is 1. The Kier molecular flexibility index (Phi) is 4.75. The highest BCUT2D eigenvalue weighted by Gasteiger charge is 2.39. The number of anilines is 1. The molecule has 0 bridgehead atoms. The molecule has 11 heteroatoms. The summed E-state index contributed by atoms with van der Waals surface area (Å²) in [6, 6.07) is 0. The van der Waals surface area contributed by atoms with E-state index in [1.807, 2.05) is 25.1 Å². The van der Waals surface area contributed by atoms with Gasteiger partial charge in [0.1, 0.15) is 17.3 Å². The Balaban J connectivity index is 1.58. The molecular formula is C21H20F3N7O. The number of fused-ring (bicyclic) bond motifs is 1.